The molecule has 0 saturated heterocycles. The van der Waals surface area contributed by atoms with Crippen LogP contribution in [0.1, 0.15) is 12.5 Å². The van der Waals surface area contributed by atoms with Crippen molar-refractivity contribution in [2.75, 3.05) is 39.6 Å². The van der Waals surface area contributed by atoms with Crippen molar-refractivity contribution in [3.05, 3.63) is 48.0 Å². The molecular weight excluding hydrogens is 284 g/mol. The first-order valence-electron chi connectivity index (χ1n) is 7.30. The molecule has 22 heavy (non-hydrogen) atoms. The predicted molar refractivity (Wildman–Crippen MR) is 83.5 cm³/mol. The Morgan fingerprint density at radius 1 is 0.909 bits per heavy atom. The highest BCUT2D eigenvalue weighted by Gasteiger charge is 2.01. The molecule has 0 spiro atoms. The minimum absolute atomic E-state index is 0.228. The van der Waals surface area contributed by atoms with Crippen LogP contribution >= 0.6 is 0 Å². The van der Waals surface area contributed by atoms with E-state index < -0.39 is 5.97 Å². The zero-order valence-corrected chi connectivity index (χ0v) is 13.1. The Labute approximate surface area is 131 Å². The van der Waals surface area contributed by atoms with Gasteiger partial charge >= 0.3 is 5.97 Å². The fourth-order valence-corrected chi connectivity index (χ4v) is 1.52. The van der Waals surface area contributed by atoms with Crippen LogP contribution in [0.15, 0.2) is 42.5 Å². The molecule has 0 unspecified atom stereocenters. The smallest absolute Gasteiger partial charge is 0.333 e. The minimum atomic E-state index is -0.393. The summed E-state index contributed by atoms with van der Waals surface area (Å²) in [5.41, 5.74) is 1.54. The number of hydrogen-bond acceptors (Lipinski definition) is 5. The summed E-state index contributed by atoms with van der Waals surface area (Å²) in [4.78, 5) is 11.1. The summed E-state index contributed by atoms with van der Waals surface area (Å²) in [5.74, 6) is -0.393. The van der Waals surface area contributed by atoms with E-state index in [0.29, 0.717) is 45.2 Å². The van der Waals surface area contributed by atoms with Crippen molar-refractivity contribution >= 4 is 5.97 Å². The van der Waals surface area contributed by atoms with Crippen LogP contribution in [0, 0.1) is 0 Å². The van der Waals surface area contributed by atoms with Crippen molar-refractivity contribution in [3.8, 4) is 0 Å². The normalized spacial score (nSPS) is 10.4. The van der Waals surface area contributed by atoms with Gasteiger partial charge in [-0.2, -0.15) is 0 Å². The molecule has 0 aliphatic carbocycles. The molecule has 0 atom stereocenters. The lowest BCUT2D eigenvalue weighted by Crippen LogP contribution is -2.14. The van der Waals surface area contributed by atoms with Gasteiger partial charge < -0.3 is 18.9 Å². The maximum absolute atomic E-state index is 11.1. The van der Waals surface area contributed by atoms with Crippen LogP contribution in [0.4, 0.5) is 0 Å². The Bertz CT molecular complexity index is 430. The molecule has 5 heteroatoms. The van der Waals surface area contributed by atoms with Crippen LogP contribution in [-0.2, 0) is 30.3 Å². The van der Waals surface area contributed by atoms with Gasteiger partial charge in [0.1, 0.15) is 6.61 Å². The van der Waals surface area contributed by atoms with E-state index in [1.54, 1.807) is 6.92 Å². The van der Waals surface area contributed by atoms with E-state index in [2.05, 4.69) is 6.58 Å². The lowest BCUT2D eigenvalue weighted by molar-refractivity contribution is -0.140. The van der Waals surface area contributed by atoms with E-state index in [0.717, 1.165) is 5.56 Å². The third-order valence-corrected chi connectivity index (χ3v) is 2.66. The Morgan fingerprint density at radius 3 is 2.05 bits per heavy atom. The molecule has 1 rings (SSSR count). The molecule has 1 aromatic rings. The van der Waals surface area contributed by atoms with Crippen LogP contribution in [0.3, 0.4) is 0 Å². The molecule has 0 aliphatic heterocycles. The summed E-state index contributed by atoms with van der Waals surface area (Å²) < 4.78 is 21.0. The number of benzene rings is 1. The summed E-state index contributed by atoms with van der Waals surface area (Å²) in [6.45, 7) is 8.30. The molecule has 0 N–H and O–H groups in total. The first-order valence-corrected chi connectivity index (χ1v) is 7.30. The zero-order chi connectivity index (χ0) is 16.0. The standard InChI is InChI=1S/C17H24O5/c1-15(2)17(18)22-13-12-20-9-8-19-10-11-21-14-16-6-4-3-5-7-16/h3-7H,1,8-14H2,2H3. The van der Waals surface area contributed by atoms with Crippen LogP contribution in [0.5, 0.6) is 0 Å². The fraction of sp³-hybridized carbons (Fsp3) is 0.471. The number of carbonyl (C=O) groups excluding carboxylic acids is 1. The molecule has 0 aromatic heterocycles. The van der Waals surface area contributed by atoms with Gasteiger partial charge in [0.15, 0.2) is 0 Å². The molecule has 0 heterocycles. The fourth-order valence-electron chi connectivity index (χ4n) is 1.52. The van der Waals surface area contributed by atoms with Crippen molar-refractivity contribution in [2.45, 2.75) is 13.5 Å². The van der Waals surface area contributed by atoms with Crippen molar-refractivity contribution in [1.29, 1.82) is 0 Å². The predicted octanol–water partition coefficient (Wildman–Crippen LogP) is 2.36. The van der Waals surface area contributed by atoms with Gasteiger partial charge in [0.2, 0.25) is 0 Å². The Hall–Kier alpha value is -1.69. The Morgan fingerprint density at radius 2 is 1.45 bits per heavy atom. The van der Waals surface area contributed by atoms with Crippen LogP contribution in [0.2, 0.25) is 0 Å². The first-order chi connectivity index (χ1) is 10.7. The van der Waals surface area contributed by atoms with E-state index in [-0.39, 0.29) is 6.61 Å². The zero-order valence-electron chi connectivity index (χ0n) is 13.1. The molecule has 122 valence electrons. The van der Waals surface area contributed by atoms with Crippen molar-refractivity contribution in [3.63, 3.8) is 0 Å². The molecule has 0 aliphatic rings. The van der Waals surface area contributed by atoms with E-state index in [1.807, 2.05) is 30.3 Å². The summed E-state index contributed by atoms with van der Waals surface area (Å²) in [7, 11) is 0. The quantitative estimate of drug-likeness (QED) is 0.337. The number of carbonyl (C=O) groups is 1. The molecule has 0 amide bonds. The summed E-state index contributed by atoms with van der Waals surface area (Å²) in [6, 6.07) is 10.00. The second-order valence-corrected chi connectivity index (χ2v) is 4.68. The number of hydrogen-bond donors (Lipinski definition) is 0. The second kappa shape index (κ2) is 11.9. The highest BCUT2D eigenvalue weighted by molar-refractivity contribution is 5.86. The molecule has 1 aromatic carbocycles. The second-order valence-electron chi connectivity index (χ2n) is 4.68. The molecule has 0 fully saturated rings. The molecule has 0 saturated carbocycles. The van der Waals surface area contributed by atoms with Gasteiger partial charge in [-0.3, -0.25) is 0 Å². The maximum Gasteiger partial charge on any atom is 0.333 e. The van der Waals surface area contributed by atoms with Crippen molar-refractivity contribution in [2.24, 2.45) is 0 Å². The first kappa shape index (κ1) is 18.4. The lowest BCUT2D eigenvalue weighted by Gasteiger charge is -2.07. The van der Waals surface area contributed by atoms with Gasteiger partial charge in [-0.05, 0) is 12.5 Å². The molecule has 0 bridgehead atoms. The summed E-state index contributed by atoms with van der Waals surface area (Å²) in [6.07, 6.45) is 0. The number of rotatable bonds is 12. The lowest BCUT2D eigenvalue weighted by atomic mass is 10.2. The van der Waals surface area contributed by atoms with E-state index in [1.165, 1.54) is 0 Å². The highest BCUT2D eigenvalue weighted by Crippen LogP contribution is 1.99. The summed E-state index contributed by atoms with van der Waals surface area (Å²) >= 11 is 0. The van der Waals surface area contributed by atoms with Gasteiger partial charge in [0, 0.05) is 5.57 Å². The Balaban J connectivity index is 1.82. The van der Waals surface area contributed by atoms with Crippen LogP contribution < -0.4 is 0 Å². The van der Waals surface area contributed by atoms with Gasteiger partial charge in [0.05, 0.1) is 39.6 Å². The van der Waals surface area contributed by atoms with Gasteiger partial charge in [-0.1, -0.05) is 36.9 Å². The van der Waals surface area contributed by atoms with E-state index in [4.69, 9.17) is 18.9 Å². The largest absolute Gasteiger partial charge is 0.460 e. The Kier molecular flexibility index (Phi) is 9.94. The average molecular weight is 308 g/mol. The SMILES string of the molecule is C=C(C)C(=O)OCCOCCOCCOCc1ccccc1. The number of ether oxygens (including phenoxy) is 4. The van der Waals surface area contributed by atoms with Gasteiger partial charge in [-0.25, -0.2) is 4.79 Å². The van der Waals surface area contributed by atoms with Crippen LogP contribution in [-0.4, -0.2) is 45.6 Å². The highest BCUT2D eigenvalue weighted by atomic mass is 16.6. The summed E-state index contributed by atoms with van der Waals surface area (Å²) in [5, 5.41) is 0. The van der Waals surface area contributed by atoms with Gasteiger partial charge in [0.25, 0.3) is 0 Å². The topological polar surface area (TPSA) is 54.0 Å². The molecule has 5 nitrogen and oxygen atoms in total. The van der Waals surface area contributed by atoms with Crippen molar-refractivity contribution < 1.29 is 23.7 Å². The average Bonchev–Trinajstić information content (AvgIpc) is 2.53. The third kappa shape index (κ3) is 9.28. The van der Waals surface area contributed by atoms with Gasteiger partial charge in [-0.15, -0.1) is 0 Å². The molecule has 0 radical (unpaired) electrons. The monoisotopic (exact) mass is 308 g/mol. The van der Waals surface area contributed by atoms with E-state index in [9.17, 15) is 4.79 Å². The van der Waals surface area contributed by atoms with Crippen molar-refractivity contribution in [1.82, 2.24) is 0 Å². The minimum Gasteiger partial charge on any atom is -0.460 e. The molecular formula is C17H24O5. The van der Waals surface area contributed by atoms with E-state index >= 15 is 0 Å². The number of esters is 1. The van der Waals surface area contributed by atoms with Crippen LogP contribution in [0.25, 0.3) is 0 Å². The maximum atomic E-state index is 11.1. The third-order valence-electron chi connectivity index (χ3n) is 2.66.